The number of carbonyl (C=O) groups excluding carboxylic acids is 2. The Morgan fingerprint density at radius 3 is 2.50 bits per heavy atom. The van der Waals surface area contributed by atoms with E-state index in [1.807, 2.05) is 49.4 Å². The van der Waals surface area contributed by atoms with E-state index in [1.54, 1.807) is 24.3 Å². The molecule has 1 amide bonds. The number of Topliss-reactive ketones (excluding diaryl/α,β-unsaturated/α-hetero) is 1. The summed E-state index contributed by atoms with van der Waals surface area (Å²) in [5.74, 6) is -0.333. The lowest BCUT2D eigenvalue weighted by atomic mass is 9.85. The lowest BCUT2D eigenvalue weighted by Gasteiger charge is -2.28. The molecule has 0 aliphatic carbocycles. The number of aliphatic hydroxyl groups is 1. The number of hydrogen-bond acceptors (Lipinski definition) is 5. The summed E-state index contributed by atoms with van der Waals surface area (Å²) in [5, 5.41) is 11.5. The topological polar surface area (TPSA) is 76.1 Å². The molecule has 0 aromatic heterocycles. The molecule has 3 aromatic carbocycles. The molecular formula is C32H33NO5. The number of ether oxygens (including phenoxy) is 2. The van der Waals surface area contributed by atoms with Gasteiger partial charge < -0.3 is 14.6 Å². The van der Waals surface area contributed by atoms with Crippen molar-refractivity contribution in [1.82, 2.24) is 0 Å². The highest BCUT2D eigenvalue weighted by Crippen LogP contribution is 2.45. The zero-order chi connectivity index (χ0) is 27.0. The van der Waals surface area contributed by atoms with Crippen molar-refractivity contribution < 1.29 is 24.2 Å². The fourth-order valence-corrected chi connectivity index (χ4v) is 5.04. The Morgan fingerprint density at radius 1 is 1.05 bits per heavy atom. The molecule has 6 heteroatoms. The SMILES string of the molecule is CCCOc1ccccc1N1C(=O)C(=O)/C(=C(\O)c2ccc3c(c2)CCO3)C1c1ccc(C(C)(C)C)cc1. The number of ketones is 1. The van der Waals surface area contributed by atoms with E-state index >= 15 is 0 Å². The van der Waals surface area contributed by atoms with E-state index in [4.69, 9.17) is 9.47 Å². The Hall–Kier alpha value is -4.06. The van der Waals surface area contributed by atoms with Gasteiger partial charge in [0.1, 0.15) is 17.3 Å². The average Bonchev–Trinajstić information content (AvgIpc) is 3.48. The molecule has 1 fully saturated rings. The molecule has 0 saturated carbocycles. The van der Waals surface area contributed by atoms with E-state index in [1.165, 1.54) is 4.90 Å². The molecule has 6 nitrogen and oxygen atoms in total. The van der Waals surface area contributed by atoms with Crippen molar-refractivity contribution >= 4 is 23.1 Å². The first-order valence-corrected chi connectivity index (χ1v) is 13.1. The van der Waals surface area contributed by atoms with Gasteiger partial charge in [-0.3, -0.25) is 14.5 Å². The first-order valence-electron chi connectivity index (χ1n) is 13.1. The molecule has 2 aliphatic heterocycles. The van der Waals surface area contributed by atoms with E-state index in [2.05, 4.69) is 20.8 Å². The normalized spacial score (nSPS) is 18.4. The van der Waals surface area contributed by atoms with Gasteiger partial charge >= 0.3 is 0 Å². The number of carbonyl (C=O) groups is 2. The fraction of sp³-hybridized carbons (Fsp3) is 0.312. The van der Waals surface area contributed by atoms with Gasteiger partial charge in [-0.15, -0.1) is 0 Å². The second-order valence-corrected chi connectivity index (χ2v) is 10.8. The summed E-state index contributed by atoms with van der Waals surface area (Å²) in [5.41, 5.74) is 3.80. The van der Waals surface area contributed by atoms with E-state index in [9.17, 15) is 14.7 Å². The summed E-state index contributed by atoms with van der Waals surface area (Å²) < 4.78 is 11.6. The third kappa shape index (κ3) is 4.55. The summed E-state index contributed by atoms with van der Waals surface area (Å²) in [4.78, 5) is 28.7. The summed E-state index contributed by atoms with van der Waals surface area (Å²) in [6.07, 6.45) is 1.53. The molecule has 0 bridgehead atoms. The minimum atomic E-state index is -0.820. The molecule has 2 heterocycles. The fourth-order valence-electron chi connectivity index (χ4n) is 5.04. The van der Waals surface area contributed by atoms with Gasteiger partial charge in [0.05, 0.1) is 30.5 Å². The summed E-state index contributed by atoms with van der Waals surface area (Å²) >= 11 is 0. The highest BCUT2D eigenvalue weighted by molar-refractivity contribution is 6.52. The summed E-state index contributed by atoms with van der Waals surface area (Å²) in [6, 6.07) is 19.7. The van der Waals surface area contributed by atoms with E-state index in [0.717, 1.165) is 35.3 Å². The third-order valence-electron chi connectivity index (χ3n) is 7.09. The number of hydrogen-bond donors (Lipinski definition) is 1. The van der Waals surface area contributed by atoms with Crippen LogP contribution in [0.2, 0.25) is 0 Å². The number of amides is 1. The molecule has 2 aliphatic rings. The highest BCUT2D eigenvalue weighted by Gasteiger charge is 2.48. The van der Waals surface area contributed by atoms with Gasteiger partial charge in [-0.25, -0.2) is 0 Å². The highest BCUT2D eigenvalue weighted by atomic mass is 16.5. The third-order valence-corrected chi connectivity index (χ3v) is 7.09. The maximum absolute atomic E-state index is 13.6. The monoisotopic (exact) mass is 511 g/mol. The standard InChI is InChI=1S/C32H33NO5/c1-5-17-37-26-9-7-6-8-24(26)33-28(20-10-13-23(14-11-20)32(2,3)4)27(30(35)31(33)36)29(34)22-12-15-25-21(19-22)16-18-38-25/h6-15,19,28,34H,5,16-18H2,1-4H3/b29-27-. The van der Waals surface area contributed by atoms with Crippen molar-refractivity contribution in [2.45, 2.75) is 52.0 Å². The molecule has 0 radical (unpaired) electrons. The molecule has 1 atom stereocenters. The first kappa shape index (κ1) is 25.6. The van der Waals surface area contributed by atoms with Crippen molar-refractivity contribution in [2.24, 2.45) is 0 Å². The predicted octanol–water partition coefficient (Wildman–Crippen LogP) is 6.33. The van der Waals surface area contributed by atoms with Crippen molar-refractivity contribution in [2.75, 3.05) is 18.1 Å². The second-order valence-electron chi connectivity index (χ2n) is 10.8. The van der Waals surface area contributed by atoms with E-state index < -0.39 is 17.7 Å². The van der Waals surface area contributed by atoms with Crippen LogP contribution in [-0.4, -0.2) is 30.0 Å². The maximum Gasteiger partial charge on any atom is 0.300 e. The maximum atomic E-state index is 13.6. The Morgan fingerprint density at radius 2 is 1.79 bits per heavy atom. The van der Waals surface area contributed by atoms with Crippen LogP contribution in [0.25, 0.3) is 5.76 Å². The zero-order valence-corrected chi connectivity index (χ0v) is 22.3. The number of para-hydroxylation sites is 2. The number of fused-ring (bicyclic) bond motifs is 1. The van der Waals surface area contributed by atoms with Crippen molar-refractivity contribution in [3.63, 3.8) is 0 Å². The summed E-state index contributed by atoms with van der Waals surface area (Å²) in [7, 11) is 0. The van der Waals surface area contributed by atoms with Crippen molar-refractivity contribution in [3.05, 3.63) is 94.6 Å². The van der Waals surface area contributed by atoms with Gasteiger partial charge in [-0.05, 0) is 58.9 Å². The second kappa shape index (κ2) is 10.0. The molecule has 1 saturated heterocycles. The number of nitrogens with zero attached hydrogens (tertiary/aromatic N) is 1. The Bertz CT molecular complexity index is 1410. The van der Waals surface area contributed by atoms with Crippen molar-refractivity contribution in [1.29, 1.82) is 0 Å². The average molecular weight is 512 g/mol. The van der Waals surface area contributed by atoms with Crippen LogP contribution < -0.4 is 14.4 Å². The Balaban J connectivity index is 1.69. The minimum absolute atomic E-state index is 0.0580. The quantitative estimate of drug-likeness (QED) is 0.238. The minimum Gasteiger partial charge on any atom is -0.507 e. The number of anilines is 1. The molecule has 5 rings (SSSR count). The first-order chi connectivity index (χ1) is 18.2. The van der Waals surface area contributed by atoms with Gasteiger partial charge in [0.25, 0.3) is 11.7 Å². The molecule has 38 heavy (non-hydrogen) atoms. The van der Waals surface area contributed by atoms with Crippen LogP contribution in [0.1, 0.15) is 62.4 Å². The largest absolute Gasteiger partial charge is 0.507 e. The summed E-state index contributed by atoms with van der Waals surface area (Å²) in [6.45, 7) is 9.46. The molecular weight excluding hydrogens is 478 g/mol. The van der Waals surface area contributed by atoms with Crippen LogP contribution in [0.4, 0.5) is 5.69 Å². The number of benzene rings is 3. The smallest absolute Gasteiger partial charge is 0.300 e. The van der Waals surface area contributed by atoms with Crippen LogP contribution >= 0.6 is 0 Å². The van der Waals surface area contributed by atoms with Crippen LogP contribution in [0.15, 0.2) is 72.3 Å². The molecule has 1 unspecified atom stereocenters. The number of rotatable bonds is 6. The predicted molar refractivity (Wildman–Crippen MR) is 148 cm³/mol. The molecule has 0 spiro atoms. The van der Waals surface area contributed by atoms with E-state index in [-0.39, 0.29) is 16.7 Å². The Labute approximate surface area is 223 Å². The van der Waals surface area contributed by atoms with Gasteiger partial charge in [0.15, 0.2) is 0 Å². The molecule has 1 N–H and O–H groups in total. The lowest BCUT2D eigenvalue weighted by Crippen LogP contribution is -2.30. The van der Waals surface area contributed by atoms with Crippen LogP contribution in [0.5, 0.6) is 11.5 Å². The van der Waals surface area contributed by atoms with E-state index in [0.29, 0.717) is 30.2 Å². The van der Waals surface area contributed by atoms with Crippen LogP contribution in [0, 0.1) is 0 Å². The van der Waals surface area contributed by atoms with Crippen LogP contribution in [0.3, 0.4) is 0 Å². The van der Waals surface area contributed by atoms with Crippen molar-refractivity contribution in [3.8, 4) is 11.5 Å². The lowest BCUT2D eigenvalue weighted by molar-refractivity contribution is -0.132. The van der Waals surface area contributed by atoms with Gasteiger partial charge in [0, 0.05) is 12.0 Å². The Kier molecular flexibility index (Phi) is 6.74. The number of aliphatic hydroxyl groups excluding tert-OH is 1. The van der Waals surface area contributed by atoms with Crippen LogP contribution in [-0.2, 0) is 21.4 Å². The van der Waals surface area contributed by atoms with Gasteiger partial charge in [0.2, 0.25) is 0 Å². The van der Waals surface area contributed by atoms with Gasteiger partial charge in [-0.1, -0.05) is 64.1 Å². The van der Waals surface area contributed by atoms with Gasteiger partial charge in [-0.2, -0.15) is 0 Å². The molecule has 3 aromatic rings. The zero-order valence-electron chi connectivity index (χ0n) is 22.3. The molecule has 196 valence electrons.